The Morgan fingerprint density at radius 1 is 1.11 bits per heavy atom. The van der Waals surface area contributed by atoms with Crippen LogP contribution in [0.3, 0.4) is 0 Å². The van der Waals surface area contributed by atoms with Crippen molar-refractivity contribution in [2.45, 2.75) is 38.6 Å². The summed E-state index contributed by atoms with van der Waals surface area (Å²) in [6.07, 6.45) is 3.29. The maximum absolute atomic E-state index is 12.7. The third kappa shape index (κ3) is 5.01. The number of aryl methyl sites for hydroxylation is 1. The average Bonchev–Trinajstić information content (AvgIpc) is 2.71. The van der Waals surface area contributed by atoms with E-state index in [-0.39, 0.29) is 17.9 Å². The molecule has 1 aromatic rings. The highest BCUT2D eigenvalue weighted by atomic mass is 16.2. The smallest absolute Gasteiger partial charge is 0.242 e. The minimum Gasteiger partial charge on any atom is -0.369 e. The Bertz CT molecular complexity index is 655. The van der Waals surface area contributed by atoms with Crippen LogP contribution in [0.25, 0.3) is 0 Å². The summed E-state index contributed by atoms with van der Waals surface area (Å²) < 4.78 is 0. The Hall–Kier alpha value is -2.08. The number of anilines is 1. The monoisotopic (exact) mass is 372 g/mol. The summed E-state index contributed by atoms with van der Waals surface area (Å²) in [5.74, 6) is 0.0826. The number of carbonyl (C=O) groups excluding carboxylic acids is 2. The molecular weight excluding hydrogens is 340 g/mol. The van der Waals surface area contributed by atoms with E-state index in [0.717, 1.165) is 52.0 Å². The summed E-state index contributed by atoms with van der Waals surface area (Å²) >= 11 is 0. The van der Waals surface area contributed by atoms with Gasteiger partial charge in [0.15, 0.2) is 0 Å². The van der Waals surface area contributed by atoms with Crippen molar-refractivity contribution in [2.75, 3.05) is 51.2 Å². The number of piperidine rings is 1. The van der Waals surface area contributed by atoms with E-state index in [1.165, 1.54) is 11.3 Å². The number of piperazine rings is 1. The summed E-state index contributed by atoms with van der Waals surface area (Å²) in [5.41, 5.74) is 2.57. The number of amides is 2. The number of hydrogen-bond acceptors (Lipinski definition) is 4. The number of rotatable bonds is 5. The molecule has 2 aliphatic rings. The molecule has 2 heterocycles. The third-order valence-corrected chi connectivity index (χ3v) is 5.75. The molecule has 27 heavy (non-hydrogen) atoms. The molecule has 2 amide bonds. The van der Waals surface area contributed by atoms with Gasteiger partial charge in [0.1, 0.15) is 6.04 Å². The fourth-order valence-electron chi connectivity index (χ4n) is 4.12. The van der Waals surface area contributed by atoms with E-state index in [1.807, 2.05) is 0 Å². The van der Waals surface area contributed by atoms with Crippen LogP contribution in [-0.4, -0.2) is 74.0 Å². The topological polar surface area (TPSA) is 55.9 Å². The number of likely N-dealkylation sites (tertiary alicyclic amines) is 1. The maximum Gasteiger partial charge on any atom is 0.242 e. The highest BCUT2D eigenvalue weighted by Crippen LogP contribution is 2.20. The Morgan fingerprint density at radius 3 is 2.59 bits per heavy atom. The predicted octanol–water partition coefficient (Wildman–Crippen LogP) is 1.63. The molecule has 0 saturated carbocycles. The molecule has 6 nitrogen and oxygen atoms in total. The van der Waals surface area contributed by atoms with Crippen LogP contribution in [0, 0.1) is 6.92 Å². The molecule has 2 aliphatic heterocycles. The molecule has 1 N–H and O–H groups in total. The summed E-state index contributed by atoms with van der Waals surface area (Å²) in [6, 6.07) is 8.35. The van der Waals surface area contributed by atoms with Crippen molar-refractivity contribution in [3.8, 4) is 0 Å². The van der Waals surface area contributed by atoms with Crippen molar-refractivity contribution in [3.05, 3.63) is 29.8 Å². The van der Waals surface area contributed by atoms with Crippen LogP contribution in [0.5, 0.6) is 0 Å². The first kappa shape index (κ1) is 19.7. The normalized spacial score (nSPS) is 21.2. The molecule has 0 aromatic heterocycles. The molecule has 0 bridgehead atoms. The van der Waals surface area contributed by atoms with Gasteiger partial charge in [0.05, 0.1) is 0 Å². The number of hydrogen-bond donors (Lipinski definition) is 1. The molecule has 2 fully saturated rings. The minimum absolute atomic E-state index is 0.0326. The van der Waals surface area contributed by atoms with E-state index in [0.29, 0.717) is 13.0 Å². The Kier molecular flexibility index (Phi) is 6.72. The van der Waals surface area contributed by atoms with E-state index >= 15 is 0 Å². The van der Waals surface area contributed by atoms with Crippen molar-refractivity contribution < 1.29 is 9.59 Å². The zero-order chi connectivity index (χ0) is 19.2. The van der Waals surface area contributed by atoms with E-state index in [2.05, 4.69) is 46.3 Å². The SMILES string of the molecule is CNC(=O)[C@@H]1CCCCN1C(=O)CCN1CCN(c2cccc(C)c2)CC1. The number of nitrogens with zero attached hydrogens (tertiary/aromatic N) is 3. The first-order valence-corrected chi connectivity index (χ1v) is 10.1. The number of carbonyl (C=O) groups is 2. The van der Waals surface area contributed by atoms with E-state index in [1.54, 1.807) is 11.9 Å². The van der Waals surface area contributed by atoms with E-state index in [4.69, 9.17) is 0 Å². The standard InChI is InChI=1S/C21H32N4O2/c1-17-6-5-7-18(16-17)24-14-12-23(13-15-24)11-9-20(26)25-10-4-3-8-19(25)21(27)22-2/h5-7,16,19H,3-4,8-15H2,1-2H3,(H,22,27)/t19-/m0/s1. The molecule has 1 atom stereocenters. The van der Waals surface area contributed by atoms with Crippen LogP contribution in [0.4, 0.5) is 5.69 Å². The quantitative estimate of drug-likeness (QED) is 0.854. The van der Waals surface area contributed by atoms with Crippen molar-refractivity contribution in [2.24, 2.45) is 0 Å². The summed E-state index contributed by atoms with van der Waals surface area (Å²) in [7, 11) is 1.65. The van der Waals surface area contributed by atoms with Crippen LogP contribution in [0.15, 0.2) is 24.3 Å². The molecule has 148 valence electrons. The molecule has 3 rings (SSSR count). The second-order valence-corrected chi connectivity index (χ2v) is 7.63. The van der Waals surface area contributed by atoms with Gasteiger partial charge in [-0.1, -0.05) is 12.1 Å². The first-order valence-electron chi connectivity index (χ1n) is 10.1. The molecule has 0 spiro atoms. The summed E-state index contributed by atoms with van der Waals surface area (Å²) in [4.78, 5) is 31.3. The largest absolute Gasteiger partial charge is 0.369 e. The van der Waals surface area contributed by atoms with Gasteiger partial charge in [-0.25, -0.2) is 0 Å². The highest BCUT2D eigenvalue weighted by molar-refractivity contribution is 5.87. The number of benzene rings is 1. The van der Waals surface area contributed by atoms with Crippen LogP contribution < -0.4 is 10.2 Å². The van der Waals surface area contributed by atoms with Crippen LogP contribution >= 0.6 is 0 Å². The predicted molar refractivity (Wildman–Crippen MR) is 108 cm³/mol. The Labute approximate surface area is 162 Å². The average molecular weight is 373 g/mol. The molecule has 1 aromatic carbocycles. The van der Waals surface area contributed by atoms with E-state index < -0.39 is 0 Å². The van der Waals surface area contributed by atoms with Gasteiger partial charge >= 0.3 is 0 Å². The van der Waals surface area contributed by atoms with Gasteiger partial charge in [-0.15, -0.1) is 0 Å². The van der Waals surface area contributed by atoms with Crippen LogP contribution in [0.2, 0.25) is 0 Å². The molecule has 0 aliphatic carbocycles. The van der Waals surface area contributed by atoms with Crippen molar-refractivity contribution in [3.63, 3.8) is 0 Å². The van der Waals surface area contributed by atoms with Crippen molar-refractivity contribution in [1.82, 2.24) is 15.1 Å². The van der Waals surface area contributed by atoms with Gasteiger partial charge in [0, 0.05) is 58.4 Å². The molecule has 0 unspecified atom stereocenters. The van der Waals surface area contributed by atoms with Gasteiger partial charge in [-0.05, 0) is 43.9 Å². The zero-order valence-corrected chi connectivity index (χ0v) is 16.6. The van der Waals surface area contributed by atoms with Gasteiger partial charge in [0.2, 0.25) is 11.8 Å². The van der Waals surface area contributed by atoms with Crippen molar-refractivity contribution >= 4 is 17.5 Å². The molecule has 6 heteroatoms. The van der Waals surface area contributed by atoms with Gasteiger partial charge in [0.25, 0.3) is 0 Å². The summed E-state index contributed by atoms with van der Waals surface area (Å²) in [5, 5.41) is 2.70. The van der Waals surface area contributed by atoms with Crippen LogP contribution in [0.1, 0.15) is 31.2 Å². The fraction of sp³-hybridized carbons (Fsp3) is 0.619. The zero-order valence-electron chi connectivity index (χ0n) is 16.6. The summed E-state index contributed by atoms with van der Waals surface area (Å²) in [6.45, 7) is 7.53. The lowest BCUT2D eigenvalue weighted by atomic mass is 10.0. The lowest BCUT2D eigenvalue weighted by Crippen LogP contribution is -2.52. The molecule has 2 saturated heterocycles. The second kappa shape index (κ2) is 9.22. The molecule has 0 radical (unpaired) electrons. The lowest BCUT2D eigenvalue weighted by Gasteiger charge is -2.37. The second-order valence-electron chi connectivity index (χ2n) is 7.63. The number of likely N-dealkylation sites (N-methyl/N-ethyl adjacent to an activating group) is 1. The van der Waals surface area contributed by atoms with Gasteiger partial charge in [-0.2, -0.15) is 0 Å². The highest BCUT2D eigenvalue weighted by Gasteiger charge is 2.31. The van der Waals surface area contributed by atoms with Gasteiger partial charge in [-0.3, -0.25) is 14.5 Å². The lowest BCUT2D eigenvalue weighted by molar-refractivity contribution is -0.142. The first-order chi connectivity index (χ1) is 13.1. The number of nitrogens with one attached hydrogen (secondary N) is 1. The maximum atomic E-state index is 12.7. The fourth-order valence-corrected chi connectivity index (χ4v) is 4.12. The van der Waals surface area contributed by atoms with Crippen LogP contribution in [-0.2, 0) is 9.59 Å². The minimum atomic E-state index is -0.283. The van der Waals surface area contributed by atoms with E-state index in [9.17, 15) is 9.59 Å². The van der Waals surface area contributed by atoms with Gasteiger partial charge < -0.3 is 15.1 Å². The molecular formula is C21H32N4O2. The Balaban J connectivity index is 1.46. The third-order valence-electron chi connectivity index (χ3n) is 5.75. The Morgan fingerprint density at radius 2 is 1.89 bits per heavy atom. The van der Waals surface area contributed by atoms with Crippen molar-refractivity contribution in [1.29, 1.82) is 0 Å².